The summed E-state index contributed by atoms with van der Waals surface area (Å²) in [5.41, 5.74) is 5.02. The number of aryl methyl sites for hydroxylation is 1. The largest absolute Gasteiger partial charge is 0.381 e. The average molecular weight is 424 g/mol. The van der Waals surface area contributed by atoms with Gasteiger partial charge in [0.2, 0.25) is 0 Å². The minimum absolute atomic E-state index is 0.221. The van der Waals surface area contributed by atoms with Crippen molar-refractivity contribution in [3.05, 3.63) is 76.7 Å². The third-order valence-corrected chi connectivity index (χ3v) is 6.03. The van der Waals surface area contributed by atoms with Gasteiger partial charge >= 0.3 is 0 Å². The van der Waals surface area contributed by atoms with Gasteiger partial charge in [-0.15, -0.1) is 0 Å². The van der Waals surface area contributed by atoms with Crippen LogP contribution in [0.25, 0.3) is 11.1 Å². The summed E-state index contributed by atoms with van der Waals surface area (Å²) in [5, 5.41) is 7.63. The Balaban J connectivity index is 1.54. The summed E-state index contributed by atoms with van der Waals surface area (Å²) in [7, 11) is 0. The second-order valence-electron chi connectivity index (χ2n) is 8.04. The van der Waals surface area contributed by atoms with E-state index in [1.807, 2.05) is 12.1 Å². The molecule has 3 nitrogen and oxygen atoms in total. The van der Waals surface area contributed by atoms with E-state index in [2.05, 4.69) is 40.7 Å². The maximum Gasteiger partial charge on any atom is 0.126 e. The van der Waals surface area contributed by atoms with Crippen LogP contribution in [0.2, 0.25) is 5.02 Å². The van der Waals surface area contributed by atoms with E-state index in [1.54, 1.807) is 18.3 Å². The van der Waals surface area contributed by atoms with Gasteiger partial charge in [0.25, 0.3) is 0 Å². The molecule has 156 valence electrons. The molecule has 0 radical (unpaired) electrons. The second-order valence-corrected chi connectivity index (χ2v) is 8.45. The van der Waals surface area contributed by atoms with Gasteiger partial charge in [0.1, 0.15) is 11.6 Å². The highest BCUT2D eigenvalue weighted by atomic mass is 35.5. The summed E-state index contributed by atoms with van der Waals surface area (Å²) in [5.74, 6) is 0.650. The predicted octanol–water partition coefficient (Wildman–Crippen LogP) is 7.21. The number of halogens is 2. The number of nitrogens with one attached hydrogen (secondary N) is 2. The Bertz CT molecular complexity index is 1020. The van der Waals surface area contributed by atoms with Gasteiger partial charge in [-0.3, -0.25) is 0 Å². The first-order valence-corrected chi connectivity index (χ1v) is 11.0. The Morgan fingerprint density at radius 1 is 1.07 bits per heavy atom. The van der Waals surface area contributed by atoms with E-state index in [4.69, 9.17) is 11.6 Å². The lowest BCUT2D eigenvalue weighted by molar-refractivity contribution is 0.462. The quantitative estimate of drug-likeness (QED) is 0.440. The monoisotopic (exact) mass is 423 g/mol. The van der Waals surface area contributed by atoms with E-state index < -0.39 is 0 Å². The second kappa shape index (κ2) is 9.48. The first-order valence-electron chi connectivity index (χ1n) is 10.6. The van der Waals surface area contributed by atoms with Crippen molar-refractivity contribution < 1.29 is 4.39 Å². The highest BCUT2D eigenvalue weighted by Crippen LogP contribution is 2.33. The molecule has 1 fully saturated rings. The third kappa shape index (κ3) is 5.11. The topological polar surface area (TPSA) is 37.0 Å². The molecule has 0 aliphatic heterocycles. The molecule has 1 aromatic heterocycles. The van der Waals surface area contributed by atoms with Crippen LogP contribution in [0.1, 0.15) is 43.2 Å². The minimum Gasteiger partial charge on any atom is -0.381 e. The Labute approximate surface area is 182 Å². The third-order valence-electron chi connectivity index (χ3n) is 5.73. The Kier molecular flexibility index (Phi) is 6.53. The molecule has 1 aliphatic carbocycles. The summed E-state index contributed by atoms with van der Waals surface area (Å²) in [6.45, 7) is 2.61. The first-order chi connectivity index (χ1) is 14.6. The summed E-state index contributed by atoms with van der Waals surface area (Å²) in [6.07, 6.45) is 7.98. The summed E-state index contributed by atoms with van der Waals surface area (Å²) in [6, 6.07) is 15.4. The molecular formula is C25H27ClFN3. The van der Waals surface area contributed by atoms with Crippen LogP contribution >= 0.6 is 11.6 Å². The number of nitrogens with zero attached hydrogens (tertiary/aromatic N) is 1. The number of anilines is 2. The van der Waals surface area contributed by atoms with Crippen LogP contribution in [0.4, 0.5) is 15.9 Å². The van der Waals surface area contributed by atoms with Gasteiger partial charge in [0, 0.05) is 30.0 Å². The van der Waals surface area contributed by atoms with E-state index in [0.29, 0.717) is 17.6 Å². The summed E-state index contributed by atoms with van der Waals surface area (Å²) in [4.78, 5) is 4.49. The maximum absolute atomic E-state index is 13.5. The Morgan fingerprint density at radius 2 is 1.90 bits per heavy atom. The van der Waals surface area contributed by atoms with Gasteiger partial charge < -0.3 is 10.6 Å². The van der Waals surface area contributed by atoms with Crippen LogP contribution in [-0.4, -0.2) is 11.0 Å². The number of pyridine rings is 1. The smallest absolute Gasteiger partial charge is 0.126 e. The van der Waals surface area contributed by atoms with E-state index in [0.717, 1.165) is 33.8 Å². The molecule has 2 N–H and O–H groups in total. The molecule has 0 unspecified atom stereocenters. The van der Waals surface area contributed by atoms with E-state index in [-0.39, 0.29) is 5.82 Å². The summed E-state index contributed by atoms with van der Waals surface area (Å²) < 4.78 is 13.5. The zero-order valence-corrected chi connectivity index (χ0v) is 18.0. The Morgan fingerprint density at radius 3 is 2.70 bits per heavy atom. The number of aromatic nitrogens is 1. The van der Waals surface area contributed by atoms with E-state index in [1.165, 1.54) is 38.2 Å². The fourth-order valence-electron chi connectivity index (χ4n) is 4.02. The van der Waals surface area contributed by atoms with E-state index in [9.17, 15) is 4.39 Å². The molecule has 4 rings (SSSR count). The van der Waals surface area contributed by atoms with E-state index >= 15 is 0 Å². The van der Waals surface area contributed by atoms with Crippen LogP contribution in [0.15, 0.2) is 54.7 Å². The van der Waals surface area contributed by atoms with Crippen LogP contribution in [0.3, 0.4) is 0 Å². The van der Waals surface area contributed by atoms with Crippen molar-refractivity contribution in [1.82, 2.24) is 4.98 Å². The van der Waals surface area contributed by atoms with Crippen molar-refractivity contribution in [3.8, 4) is 11.1 Å². The van der Waals surface area contributed by atoms with Crippen LogP contribution in [-0.2, 0) is 6.54 Å². The SMILES string of the molecule is Cc1ccc(-c2cc(NC3CCCCC3)ncc2Cl)cc1NCc1cccc(F)c1. The summed E-state index contributed by atoms with van der Waals surface area (Å²) >= 11 is 6.50. The molecule has 0 saturated heterocycles. The lowest BCUT2D eigenvalue weighted by Crippen LogP contribution is -2.22. The lowest BCUT2D eigenvalue weighted by atomic mass is 9.95. The molecule has 5 heteroatoms. The molecule has 2 aromatic carbocycles. The average Bonchev–Trinajstić information content (AvgIpc) is 2.75. The maximum atomic E-state index is 13.5. The van der Waals surface area contributed by atoms with Gasteiger partial charge in [-0.2, -0.15) is 0 Å². The predicted molar refractivity (Wildman–Crippen MR) is 124 cm³/mol. The standard InChI is InChI=1S/C25H27ClFN3/c1-17-10-11-19(13-24(17)28-15-18-6-5-7-20(27)12-18)22-14-25(29-16-23(22)26)30-21-8-3-2-4-9-21/h5-7,10-14,16,21,28H,2-4,8-9,15H2,1H3,(H,29,30). The number of rotatable bonds is 6. The van der Waals surface area contributed by atoms with Crippen molar-refractivity contribution in [2.24, 2.45) is 0 Å². The molecule has 1 aliphatic rings. The minimum atomic E-state index is -0.221. The molecule has 0 bridgehead atoms. The fraction of sp³-hybridized carbons (Fsp3) is 0.320. The lowest BCUT2D eigenvalue weighted by Gasteiger charge is -2.23. The van der Waals surface area contributed by atoms with Crippen molar-refractivity contribution >= 4 is 23.1 Å². The number of hydrogen-bond donors (Lipinski definition) is 2. The van der Waals surface area contributed by atoms with Crippen LogP contribution in [0, 0.1) is 12.7 Å². The molecule has 0 atom stereocenters. The number of hydrogen-bond acceptors (Lipinski definition) is 3. The molecule has 0 amide bonds. The fourth-order valence-corrected chi connectivity index (χ4v) is 4.23. The van der Waals surface area contributed by atoms with Gasteiger partial charge in [0.15, 0.2) is 0 Å². The highest BCUT2D eigenvalue weighted by Gasteiger charge is 2.15. The van der Waals surface area contributed by atoms with Crippen LogP contribution < -0.4 is 10.6 Å². The molecular weight excluding hydrogens is 397 g/mol. The zero-order valence-electron chi connectivity index (χ0n) is 17.2. The van der Waals surface area contributed by atoms with Crippen molar-refractivity contribution in [2.45, 2.75) is 51.6 Å². The van der Waals surface area contributed by atoms with Gasteiger partial charge in [0.05, 0.1) is 5.02 Å². The zero-order chi connectivity index (χ0) is 20.9. The molecule has 1 heterocycles. The van der Waals surface area contributed by atoms with Gasteiger partial charge in [-0.05, 0) is 60.7 Å². The van der Waals surface area contributed by atoms with Gasteiger partial charge in [-0.1, -0.05) is 55.1 Å². The first kappa shape index (κ1) is 20.7. The van der Waals surface area contributed by atoms with Crippen molar-refractivity contribution in [2.75, 3.05) is 10.6 Å². The van der Waals surface area contributed by atoms with Crippen molar-refractivity contribution in [3.63, 3.8) is 0 Å². The Hall–Kier alpha value is -2.59. The number of benzene rings is 2. The highest BCUT2D eigenvalue weighted by molar-refractivity contribution is 6.33. The molecule has 0 spiro atoms. The van der Waals surface area contributed by atoms with Crippen molar-refractivity contribution in [1.29, 1.82) is 0 Å². The van der Waals surface area contributed by atoms with Crippen LogP contribution in [0.5, 0.6) is 0 Å². The molecule has 1 saturated carbocycles. The molecule has 3 aromatic rings. The van der Waals surface area contributed by atoms with Gasteiger partial charge in [-0.25, -0.2) is 9.37 Å². The normalized spacial score (nSPS) is 14.5. The molecule has 30 heavy (non-hydrogen) atoms.